The number of nitrogens with zero attached hydrogens (tertiary/aromatic N) is 2. The van der Waals surface area contributed by atoms with Crippen LogP contribution in [0.1, 0.15) is 25.8 Å². The number of piperazine rings is 1. The molecule has 1 aromatic carbocycles. The molecule has 6 heteroatoms. The van der Waals surface area contributed by atoms with Crippen LogP contribution in [0.15, 0.2) is 47.2 Å². The smallest absolute Gasteiger partial charge is 0.260 e. The van der Waals surface area contributed by atoms with E-state index in [4.69, 9.17) is 16.3 Å². The van der Waals surface area contributed by atoms with Crippen LogP contribution in [0.2, 0.25) is 0 Å². The molecule has 1 fully saturated rings. The van der Waals surface area contributed by atoms with Crippen molar-refractivity contribution in [2.45, 2.75) is 38.9 Å². The van der Waals surface area contributed by atoms with Crippen molar-refractivity contribution >= 4 is 17.5 Å². The van der Waals surface area contributed by atoms with Crippen molar-refractivity contribution in [3.8, 4) is 0 Å². The Morgan fingerprint density at radius 1 is 1.19 bits per heavy atom. The quantitative estimate of drug-likeness (QED) is 0.763. The van der Waals surface area contributed by atoms with E-state index in [1.807, 2.05) is 23.5 Å². The van der Waals surface area contributed by atoms with Gasteiger partial charge in [0.1, 0.15) is 11.6 Å². The Morgan fingerprint density at radius 2 is 1.93 bits per heavy atom. The molecule has 4 nitrogen and oxygen atoms in total. The van der Waals surface area contributed by atoms with Gasteiger partial charge in [0, 0.05) is 43.2 Å². The summed E-state index contributed by atoms with van der Waals surface area (Å²) < 4.78 is 18.7. The van der Waals surface area contributed by atoms with E-state index in [0.717, 1.165) is 23.7 Å². The van der Waals surface area contributed by atoms with Gasteiger partial charge in [0.05, 0.1) is 0 Å². The molecule has 0 saturated carbocycles. The highest BCUT2D eigenvalue weighted by molar-refractivity contribution is 6.29. The lowest BCUT2D eigenvalue weighted by Crippen LogP contribution is -2.58. The summed E-state index contributed by atoms with van der Waals surface area (Å²) in [7, 11) is 0. The molecule has 27 heavy (non-hydrogen) atoms. The third-order valence-corrected chi connectivity index (χ3v) is 5.30. The van der Waals surface area contributed by atoms with E-state index in [9.17, 15) is 9.18 Å². The summed E-state index contributed by atoms with van der Waals surface area (Å²) in [6, 6.07) is 6.91. The number of carbonyl (C=O) groups is 1. The highest BCUT2D eigenvalue weighted by Crippen LogP contribution is 2.22. The van der Waals surface area contributed by atoms with Crippen LogP contribution in [-0.4, -0.2) is 47.5 Å². The van der Waals surface area contributed by atoms with Crippen LogP contribution in [0.3, 0.4) is 0 Å². The highest BCUT2D eigenvalue weighted by atomic mass is 35.5. The molecule has 1 heterocycles. The summed E-state index contributed by atoms with van der Waals surface area (Å²) in [6.07, 6.45) is 6.09. The maximum atomic E-state index is 13.1. The Labute approximate surface area is 165 Å². The molecule has 1 saturated heterocycles. The van der Waals surface area contributed by atoms with Gasteiger partial charge >= 0.3 is 0 Å². The number of benzene rings is 1. The predicted molar refractivity (Wildman–Crippen MR) is 104 cm³/mol. The van der Waals surface area contributed by atoms with Crippen LogP contribution in [0.5, 0.6) is 0 Å². The summed E-state index contributed by atoms with van der Waals surface area (Å²) >= 11 is 5.91. The lowest BCUT2D eigenvalue weighted by atomic mass is 10.1. The third kappa shape index (κ3) is 5.33. The Hall–Kier alpha value is -1.85. The van der Waals surface area contributed by atoms with Crippen LogP contribution >= 0.6 is 11.6 Å². The molecule has 0 unspecified atom stereocenters. The van der Waals surface area contributed by atoms with Gasteiger partial charge in [0.15, 0.2) is 6.61 Å². The molecule has 3 rings (SSSR count). The van der Waals surface area contributed by atoms with Gasteiger partial charge in [0.25, 0.3) is 5.91 Å². The minimum absolute atomic E-state index is 0.00858. The van der Waals surface area contributed by atoms with E-state index < -0.39 is 0 Å². The second-order valence-corrected chi connectivity index (χ2v) is 7.67. The van der Waals surface area contributed by atoms with E-state index in [1.54, 1.807) is 12.2 Å². The van der Waals surface area contributed by atoms with Gasteiger partial charge < -0.3 is 9.64 Å². The van der Waals surface area contributed by atoms with Gasteiger partial charge in [-0.1, -0.05) is 23.7 Å². The number of hydrogen-bond acceptors (Lipinski definition) is 3. The highest BCUT2D eigenvalue weighted by Gasteiger charge is 2.32. The fraction of sp³-hybridized carbons (Fsp3) is 0.429. The van der Waals surface area contributed by atoms with Crippen molar-refractivity contribution in [2.24, 2.45) is 0 Å². The molecule has 2 aliphatic rings. The van der Waals surface area contributed by atoms with Crippen LogP contribution in [0, 0.1) is 12.2 Å². The van der Waals surface area contributed by atoms with Gasteiger partial charge in [-0.15, -0.1) is 0 Å². The topological polar surface area (TPSA) is 32.8 Å². The monoisotopic (exact) mass is 391 g/mol. The lowest BCUT2D eigenvalue weighted by Gasteiger charge is -2.44. The minimum atomic E-state index is -0.223. The van der Waals surface area contributed by atoms with E-state index in [-0.39, 0.29) is 30.4 Å². The molecular formula is C21H25ClFN2O2. The normalized spacial score (nSPS) is 23.6. The van der Waals surface area contributed by atoms with Gasteiger partial charge in [0.2, 0.25) is 0 Å². The van der Waals surface area contributed by atoms with Crippen LogP contribution < -0.4 is 0 Å². The van der Waals surface area contributed by atoms with Crippen LogP contribution in [-0.2, 0) is 16.1 Å². The summed E-state index contributed by atoms with van der Waals surface area (Å²) in [6.45, 7) is 6.37. The summed E-state index contributed by atoms with van der Waals surface area (Å²) in [5, 5.41) is 0.758. The first-order chi connectivity index (χ1) is 12.9. The van der Waals surface area contributed by atoms with E-state index >= 15 is 0 Å². The molecular weight excluding hydrogens is 367 g/mol. The molecule has 0 aromatic heterocycles. The van der Waals surface area contributed by atoms with E-state index in [0.29, 0.717) is 18.7 Å². The fourth-order valence-corrected chi connectivity index (χ4v) is 3.57. The van der Waals surface area contributed by atoms with Crippen molar-refractivity contribution in [2.75, 3.05) is 19.7 Å². The molecule has 0 bridgehead atoms. The maximum absolute atomic E-state index is 13.1. The Bertz CT molecular complexity index is 732. The summed E-state index contributed by atoms with van der Waals surface area (Å²) in [5.41, 5.74) is 1.07. The van der Waals surface area contributed by atoms with Crippen molar-refractivity contribution in [1.82, 2.24) is 9.80 Å². The number of allylic oxidation sites excluding steroid dienone is 4. The second-order valence-electron chi connectivity index (χ2n) is 7.18. The van der Waals surface area contributed by atoms with Crippen molar-refractivity contribution < 1.29 is 13.9 Å². The van der Waals surface area contributed by atoms with E-state index in [1.165, 1.54) is 12.1 Å². The fourth-order valence-electron chi connectivity index (χ4n) is 3.43. The zero-order valence-corrected chi connectivity index (χ0v) is 16.5. The molecule has 1 aliphatic heterocycles. The van der Waals surface area contributed by atoms with Crippen LogP contribution in [0.25, 0.3) is 0 Å². The first kappa shape index (κ1) is 19.9. The molecule has 2 atom stereocenters. The van der Waals surface area contributed by atoms with Gasteiger partial charge in [-0.25, -0.2) is 4.39 Å². The lowest BCUT2D eigenvalue weighted by molar-refractivity contribution is -0.140. The minimum Gasteiger partial charge on any atom is -0.488 e. The molecule has 1 radical (unpaired) electrons. The first-order valence-corrected chi connectivity index (χ1v) is 9.60. The van der Waals surface area contributed by atoms with Gasteiger partial charge in [-0.2, -0.15) is 0 Å². The standard InChI is InChI=1S/C21H25ClFN2O2/c1-15-12-25(21(26)14-27-20-9-5-18(22)6-10-20)16(2)11-24(15)13-17-3-7-19(23)8-4-17/h3-5,7-10,15-16H,6,11-14H2,1-2H3/t15-,16+/m0/s1. The number of halogens is 2. The van der Waals surface area contributed by atoms with Gasteiger partial charge in [-0.3, -0.25) is 9.69 Å². The predicted octanol–water partition coefficient (Wildman–Crippen LogP) is 3.88. The molecule has 0 N–H and O–H groups in total. The molecule has 1 aromatic rings. The number of rotatable bonds is 5. The number of carbonyl (C=O) groups excluding carboxylic acids is 1. The Balaban J connectivity index is 1.53. The largest absolute Gasteiger partial charge is 0.488 e. The van der Waals surface area contributed by atoms with Gasteiger partial charge in [-0.05, 0) is 50.1 Å². The SMILES string of the molecule is C[C@@H]1CN(Cc2ccc(F)cc2)[C@@H](C)CN1C(=O)COC1=CC=C(Cl)C[CH]1. The average molecular weight is 392 g/mol. The third-order valence-electron chi connectivity index (χ3n) is 5.02. The zero-order valence-electron chi connectivity index (χ0n) is 15.7. The molecule has 1 aliphatic carbocycles. The maximum Gasteiger partial charge on any atom is 0.260 e. The van der Waals surface area contributed by atoms with Crippen molar-refractivity contribution in [3.05, 3.63) is 65.0 Å². The Kier molecular flexibility index (Phi) is 6.55. The molecule has 0 spiro atoms. The summed E-state index contributed by atoms with van der Waals surface area (Å²) in [5.74, 6) is 0.452. The molecule has 1 amide bonds. The number of hydrogen-bond donors (Lipinski definition) is 0. The zero-order chi connectivity index (χ0) is 19.4. The van der Waals surface area contributed by atoms with Crippen LogP contribution in [0.4, 0.5) is 4.39 Å². The number of ether oxygens (including phenoxy) is 1. The van der Waals surface area contributed by atoms with Crippen molar-refractivity contribution in [3.63, 3.8) is 0 Å². The summed E-state index contributed by atoms with van der Waals surface area (Å²) in [4.78, 5) is 16.8. The molecule has 145 valence electrons. The second kappa shape index (κ2) is 8.89. The Morgan fingerprint density at radius 3 is 2.59 bits per heavy atom. The number of amides is 1. The van der Waals surface area contributed by atoms with E-state index in [2.05, 4.69) is 18.7 Å². The average Bonchev–Trinajstić information content (AvgIpc) is 2.65. The van der Waals surface area contributed by atoms with Crippen molar-refractivity contribution in [1.29, 1.82) is 0 Å². The first-order valence-electron chi connectivity index (χ1n) is 9.22.